The monoisotopic (exact) mass is 296 g/mol. The number of piperazine rings is 1. The molecule has 4 nitrogen and oxygen atoms in total. The van der Waals surface area contributed by atoms with Gasteiger partial charge in [0.1, 0.15) is 0 Å². The van der Waals surface area contributed by atoms with Crippen molar-refractivity contribution in [3.05, 3.63) is 0 Å². The molecule has 124 valence electrons. The molecule has 0 aromatic rings. The van der Waals surface area contributed by atoms with Crippen LogP contribution in [0.15, 0.2) is 0 Å². The summed E-state index contributed by atoms with van der Waals surface area (Å²) in [6, 6.07) is 0. The van der Waals surface area contributed by atoms with E-state index in [2.05, 4.69) is 35.7 Å². The molecule has 0 unspecified atom stereocenters. The first-order chi connectivity index (χ1) is 10.1. The summed E-state index contributed by atoms with van der Waals surface area (Å²) in [6.45, 7) is 10.4. The van der Waals surface area contributed by atoms with Gasteiger partial charge in [-0.15, -0.1) is 0 Å². The molecule has 2 aliphatic rings. The summed E-state index contributed by atoms with van der Waals surface area (Å²) in [4.78, 5) is 7.61. The Morgan fingerprint density at radius 2 is 1.76 bits per heavy atom. The van der Waals surface area contributed by atoms with Crippen molar-refractivity contribution in [2.75, 3.05) is 59.9 Å². The molecule has 2 N–H and O–H groups in total. The summed E-state index contributed by atoms with van der Waals surface area (Å²) in [6.07, 6.45) is 6.66. The smallest absolute Gasteiger partial charge is 0.0329 e. The minimum atomic E-state index is 0.276. The lowest BCUT2D eigenvalue weighted by Gasteiger charge is -2.46. The van der Waals surface area contributed by atoms with E-state index < -0.39 is 0 Å². The SMILES string of the molecule is CCC1CCC(CN)(N(C)CCN2CCN(C)CC2)CC1. The van der Waals surface area contributed by atoms with Crippen molar-refractivity contribution in [1.29, 1.82) is 0 Å². The number of hydrogen-bond acceptors (Lipinski definition) is 4. The van der Waals surface area contributed by atoms with E-state index in [0.717, 1.165) is 19.0 Å². The Kier molecular flexibility index (Phi) is 6.48. The van der Waals surface area contributed by atoms with Gasteiger partial charge in [0, 0.05) is 51.4 Å². The number of hydrogen-bond donors (Lipinski definition) is 1. The van der Waals surface area contributed by atoms with Crippen LogP contribution in [0.1, 0.15) is 39.0 Å². The fourth-order valence-electron chi connectivity index (χ4n) is 3.96. The Labute approximate surface area is 131 Å². The molecule has 0 aromatic carbocycles. The highest BCUT2D eigenvalue weighted by Gasteiger charge is 2.37. The second-order valence-electron chi connectivity index (χ2n) is 7.35. The van der Waals surface area contributed by atoms with Gasteiger partial charge in [0.2, 0.25) is 0 Å². The number of nitrogens with zero attached hydrogens (tertiary/aromatic N) is 3. The summed E-state index contributed by atoms with van der Waals surface area (Å²) in [5.41, 5.74) is 6.47. The van der Waals surface area contributed by atoms with Crippen LogP contribution in [0.4, 0.5) is 0 Å². The van der Waals surface area contributed by atoms with E-state index in [9.17, 15) is 0 Å². The molecule has 1 saturated carbocycles. The molecule has 0 atom stereocenters. The summed E-state index contributed by atoms with van der Waals surface area (Å²) in [7, 11) is 4.52. The van der Waals surface area contributed by atoms with Gasteiger partial charge in [-0.25, -0.2) is 0 Å². The van der Waals surface area contributed by atoms with Crippen LogP contribution in [0, 0.1) is 5.92 Å². The van der Waals surface area contributed by atoms with Crippen molar-refractivity contribution < 1.29 is 0 Å². The van der Waals surface area contributed by atoms with Crippen LogP contribution in [-0.4, -0.2) is 80.1 Å². The minimum Gasteiger partial charge on any atom is -0.329 e. The molecule has 1 aliphatic carbocycles. The van der Waals surface area contributed by atoms with E-state index in [-0.39, 0.29) is 5.54 Å². The van der Waals surface area contributed by atoms with Crippen molar-refractivity contribution in [3.8, 4) is 0 Å². The van der Waals surface area contributed by atoms with Crippen LogP contribution in [0.2, 0.25) is 0 Å². The molecular weight excluding hydrogens is 260 g/mol. The van der Waals surface area contributed by atoms with E-state index in [4.69, 9.17) is 5.73 Å². The molecular formula is C17H36N4. The average molecular weight is 297 g/mol. The minimum absolute atomic E-state index is 0.276. The van der Waals surface area contributed by atoms with Crippen LogP contribution in [0.5, 0.6) is 0 Å². The van der Waals surface area contributed by atoms with Crippen molar-refractivity contribution in [3.63, 3.8) is 0 Å². The molecule has 0 bridgehead atoms. The van der Waals surface area contributed by atoms with Crippen molar-refractivity contribution >= 4 is 0 Å². The summed E-state index contributed by atoms with van der Waals surface area (Å²) < 4.78 is 0. The Morgan fingerprint density at radius 3 is 2.29 bits per heavy atom. The van der Waals surface area contributed by atoms with E-state index in [1.54, 1.807) is 0 Å². The fourth-order valence-corrected chi connectivity index (χ4v) is 3.96. The predicted octanol–water partition coefficient (Wildman–Crippen LogP) is 1.46. The molecule has 1 saturated heterocycles. The topological polar surface area (TPSA) is 35.7 Å². The first-order valence-corrected chi connectivity index (χ1v) is 8.92. The molecule has 0 spiro atoms. The van der Waals surface area contributed by atoms with Gasteiger partial charge in [0.25, 0.3) is 0 Å². The van der Waals surface area contributed by atoms with Gasteiger partial charge in [-0.2, -0.15) is 0 Å². The standard InChI is InChI=1S/C17H36N4/c1-4-16-5-7-17(15-18,8-6-16)20(3)11-14-21-12-9-19(2)10-13-21/h16H,4-15,18H2,1-3H3. The maximum atomic E-state index is 6.19. The lowest BCUT2D eigenvalue weighted by atomic mass is 9.74. The summed E-state index contributed by atoms with van der Waals surface area (Å²) >= 11 is 0. The molecule has 0 radical (unpaired) electrons. The largest absolute Gasteiger partial charge is 0.329 e. The van der Waals surface area contributed by atoms with Gasteiger partial charge in [-0.1, -0.05) is 13.3 Å². The van der Waals surface area contributed by atoms with Crippen molar-refractivity contribution in [2.45, 2.75) is 44.6 Å². The zero-order valence-corrected chi connectivity index (χ0v) is 14.5. The normalized spacial score (nSPS) is 32.7. The van der Waals surface area contributed by atoms with Crippen molar-refractivity contribution in [2.24, 2.45) is 11.7 Å². The third kappa shape index (κ3) is 4.41. The van der Waals surface area contributed by atoms with E-state index in [1.807, 2.05) is 0 Å². The molecule has 0 aromatic heterocycles. The molecule has 0 amide bonds. The van der Waals surface area contributed by atoms with Crippen LogP contribution >= 0.6 is 0 Å². The van der Waals surface area contributed by atoms with Crippen LogP contribution in [0.3, 0.4) is 0 Å². The van der Waals surface area contributed by atoms with Gasteiger partial charge >= 0.3 is 0 Å². The summed E-state index contributed by atoms with van der Waals surface area (Å²) in [5, 5.41) is 0. The molecule has 2 rings (SSSR count). The lowest BCUT2D eigenvalue weighted by Crippen LogP contribution is -2.56. The lowest BCUT2D eigenvalue weighted by molar-refractivity contribution is 0.0493. The molecule has 21 heavy (non-hydrogen) atoms. The second kappa shape index (κ2) is 7.91. The quantitative estimate of drug-likeness (QED) is 0.805. The summed E-state index contributed by atoms with van der Waals surface area (Å²) in [5.74, 6) is 0.940. The predicted molar refractivity (Wildman–Crippen MR) is 90.6 cm³/mol. The highest BCUT2D eigenvalue weighted by atomic mass is 15.3. The molecule has 4 heteroatoms. The fraction of sp³-hybridized carbons (Fsp3) is 1.00. The first-order valence-electron chi connectivity index (χ1n) is 8.92. The number of likely N-dealkylation sites (N-methyl/N-ethyl adjacent to an activating group) is 2. The second-order valence-corrected chi connectivity index (χ2v) is 7.35. The Balaban J connectivity index is 1.79. The third-order valence-corrected chi connectivity index (χ3v) is 6.15. The molecule has 1 aliphatic heterocycles. The van der Waals surface area contributed by atoms with Gasteiger partial charge in [-0.05, 0) is 45.7 Å². The highest BCUT2D eigenvalue weighted by molar-refractivity contribution is 4.94. The zero-order valence-electron chi connectivity index (χ0n) is 14.5. The Hall–Kier alpha value is -0.160. The van der Waals surface area contributed by atoms with Crippen LogP contribution < -0.4 is 5.73 Å². The molecule has 1 heterocycles. The molecule has 2 fully saturated rings. The van der Waals surface area contributed by atoms with E-state index >= 15 is 0 Å². The van der Waals surface area contributed by atoms with E-state index in [0.29, 0.717) is 0 Å². The Morgan fingerprint density at radius 1 is 1.14 bits per heavy atom. The van der Waals surface area contributed by atoms with Crippen LogP contribution in [0.25, 0.3) is 0 Å². The van der Waals surface area contributed by atoms with Crippen molar-refractivity contribution in [1.82, 2.24) is 14.7 Å². The zero-order chi connectivity index (χ0) is 15.3. The average Bonchev–Trinajstić information content (AvgIpc) is 2.54. The van der Waals surface area contributed by atoms with Gasteiger partial charge in [0.05, 0.1) is 0 Å². The maximum absolute atomic E-state index is 6.19. The highest BCUT2D eigenvalue weighted by Crippen LogP contribution is 2.36. The van der Waals surface area contributed by atoms with Gasteiger partial charge in [-0.3, -0.25) is 9.80 Å². The van der Waals surface area contributed by atoms with Crippen LogP contribution in [-0.2, 0) is 0 Å². The van der Waals surface area contributed by atoms with Gasteiger partial charge in [0.15, 0.2) is 0 Å². The van der Waals surface area contributed by atoms with Gasteiger partial charge < -0.3 is 10.6 Å². The number of nitrogens with two attached hydrogens (primary N) is 1. The Bertz CT molecular complexity index is 291. The van der Waals surface area contributed by atoms with E-state index in [1.165, 1.54) is 64.8 Å². The third-order valence-electron chi connectivity index (χ3n) is 6.15. The number of rotatable bonds is 6. The first kappa shape index (κ1) is 17.2. The maximum Gasteiger partial charge on any atom is 0.0329 e.